The highest BCUT2D eigenvalue weighted by atomic mass is 15.2. The largest absolute Gasteiger partial charge is 0.358 e. The first-order valence-corrected chi connectivity index (χ1v) is 16.8. The lowest BCUT2D eigenvalue weighted by atomic mass is 10.1. The summed E-state index contributed by atoms with van der Waals surface area (Å²) in [7, 11) is 0. The Morgan fingerprint density at radius 1 is 0.540 bits per heavy atom. The zero-order chi connectivity index (χ0) is 33.0. The van der Waals surface area contributed by atoms with Crippen LogP contribution in [0.1, 0.15) is 11.9 Å². The molecule has 0 bridgehead atoms. The number of allylic oxidation sites excluding steroid dienone is 2. The molecule has 4 heterocycles. The van der Waals surface area contributed by atoms with Gasteiger partial charge in [-0.2, -0.15) is 0 Å². The number of rotatable bonds is 5. The molecule has 1 aliphatic rings. The number of dihydropyridines is 1. The zero-order valence-corrected chi connectivity index (χ0v) is 27.0. The molecule has 234 valence electrons. The molecule has 0 spiro atoms. The van der Waals surface area contributed by atoms with Gasteiger partial charge in [0.05, 0.1) is 33.5 Å². The predicted octanol–water partition coefficient (Wildman–Crippen LogP) is 10.3. The van der Waals surface area contributed by atoms with Gasteiger partial charge in [0.1, 0.15) is 11.9 Å². The van der Waals surface area contributed by atoms with E-state index in [1.807, 2.05) is 36.4 Å². The third kappa shape index (κ3) is 4.51. The van der Waals surface area contributed by atoms with Crippen LogP contribution in [0, 0.1) is 12.1 Å². The van der Waals surface area contributed by atoms with E-state index in [1.165, 1.54) is 32.6 Å². The van der Waals surface area contributed by atoms with Crippen LogP contribution in [-0.2, 0) is 0 Å². The van der Waals surface area contributed by atoms with Crippen LogP contribution >= 0.6 is 0 Å². The van der Waals surface area contributed by atoms with Crippen LogP contribution < -0.4 is 5.32 Å². The molecular weight excluding hydrogens is 611 g/mol. The summed E-state index contributed by atoms with van der Waals surface area (Å²) in [6, 6.07) is 56.7. The Balaban J connectivity index is 1.15. The second-order valence-electron chi connectivity index (χ2n) is 12.6. The van der Waals surface area contributed by atoms with Crippen molar-refractivity contribution in [2.75, 3.05) is 0 Å². The molecule has 1 N–H and O–H groups in total. The Kier molecular flexibility index (Phi) is 6.40. The lowest BCUT2D eigenvalue weighted by Crippen LogP contribution is -2.25. The fourth-order valence-electron chi connectivity index (χ4n) is 7.36. The van der Waals surface area contributed by atoms with E-state index in [4.69, 9.17) is 9.97 Å². The van der Waals surface area contributed by atoms with Gasteiger partial charge in [-0.3, -0.25) is 4.57 Å². The topological polar surface area (TPSA) is 47.7 Å². The van der Waals surface area contributed by atoms with Crippen LogP contribution in [0.5, 0.6) is 0 Å². The van der Waals surface area contributed by atoms with E-state index in [0.717, 1.165) is 45.1 Å². The van der Waals surface area contributed by atoms with Crippen molar-refractivity contribution < 1.29 is 0 Å². The molecule has 5 heteroatoms. The van der Waals surface area contributed by atoms with Gasteiger partial charge in [0.15, 0.2) is 5.82 Å². The summed E-state index contributed by atoms with van der Waals surface area (Å²) in [6.07, 6.45) is 6.38. The first-order valence-electron chi connectivity index (χ1n) is 16.8. The summed E-state index contributed by atoms with van der Waals surface area (Å²) in [4.78, 5) is 10.2. The van der Waals surface area contributed by atoms with Gasteiger partial charge in [0.25, 0.3) is 0 Å². The van der Waals surface area contributed by atoms with Crippen LogP contribution in [0.4, 0.5) is 0 Å². The molecule has 1 atom stereocenters. The maximum absolute atomic E-state index is 5.12. The molecule has 0 aliphatic carbocycles. The Morgan fingerprint density at radius 3 is 1.86 bits per heavy atom. The predicted molar refractivity (Wildman–Crippen MR) is 204 cm³/mol. The third-order valence-electron chi connectivity index (χ3n) is 9.63. The quantitative estimate of drug-likeness (QED) is 0.204. The average Bonchev–Trinajstić information content (AvgIpc) is 3.70. The molecule has 0 radical (unpaired) electrons. The molecule has 5 nitrogen and oxygen atoms in total. The summed E-state index contributed by atoms with van der Waals surface area (Å²) in [5.74, 6) is 1.66. The molecule has 0 saturated heterocycles. The third-order valence-corrected chi connectivity index (χ3v) is 9.63. The lowest BCUT2D eigenvalue weighted by Gasteiger charge is -2.23. The molecule has 0 amide bonds. The van der Waals surface area contributed by atoms with E-state index < -0.39 is 0 Å². The summed E-state index contributed by atoms with van der Waals surface area (Å²) in [5.41, 5.74) is 9.53. The van der Waals surface area contributed by atoms with Crippen molar-refractivity contribution in [2.24, 2.45) is 0 Å². The van der Waals surface area contributed by atoms with E-state index >= 15 is 0 Å². The zero-order valence-electron chi connectivity index (χ0n) is 27.0. The van der Waals surface area contributed by atoms with E-state index in [0.29, 0.717) is 5.82 Å². The molecule has 0 fully saturated rings. The summed E-state index contributed by atoms with van der Waals surface area (Å²) in [6.45, 7) is 0. The van der Waals surface area contributed by atoms with Crippen molar-refractivity contribution in [3.05, 3.63) is 182 Å². The maximum atomic E-state index is 5.12. The van der Waals surface area contributed by atoms with Crippen molar-refractivity contribution in [1.29, 1.82) is 0 Å². The van der Waals surface area contributed by atoms with Gasteiger partial charge in [0, 0.05) is 38.4 Å². The number of para-hydroxylation sites is 3. The van der Waals surface area contributed by atoms with Crippen LogP contribution in [0.25, 0.3) is 77.6 Å². The second kappa shape index (κ2) is 11.4. The minimum absolute atomic E-state index is 0.253. The molecule has 9 aromatic rings. The number of aromatic nitrogens is 4. The lowest BCUT2D eigenvalue weighted by molar-refractivity contribution is 0.687. The van der Waals surface area contributed by atoms with E-state index in [-0.39, 0.29) is 6.04 Å². The highest BCUT2D eigenvalue weighted by Gasteiger charge is 2.23. The van der Waals surface area contributed by atoms with Gasteiger partial charge >= 0.3 is 0 Å². The van der Waals surface area contributed by atoms with Crippen molar-refractivity contribution in [1.82, 2.24) is 24.4 Å². The van der Waals surface area contributed by atoms with Gasteiger partial charge in [-0.15, -0.1) is 0 Å². The molecule has 1 aliphatic heterocycles. The molecular formula is C45H29N5. The van der Waals surface area contributed by atoms with E-state index in [1.54, 1.807) is 0 Å². The number of benzene rings is 5. The molecule has 6 aromatic carbocycles. The SMILES string of the molecule is c1ccc(-c2cc(-c3ccccc3)nc(C3C=CC=C(n4c5ccccc5c5cc6c(cc54)c4ccccc4n6-c4ccccc4)N3)n2)cc#1. The first-order chi connectivity index (χ1) is 24.8. The molecule has 10 rings (SSSR count). The van der Waals surface area contributed by atoms with Gasteiger partial charge in [-0.25, -0.2) is 9.97 Å². The van der Waals surface area contributed by atoms with Crippen molar-refractivity contribution in [3.63, 3.8) is 0 Å². The fraction of sp³-hybridized carbons (Fsp3) is 0.0222. The van der Waals surface area contributed by atoms with Crippen LogP contribution in [0.2, 0.25) is 0 Å². The number of nitrogens with zero attached hydrogens (tertiary/aromatic N) is 4. The normalized spacial score (nSPS) is 14.2. The van der Waals surface area contributed by atoms with Gasteiger partial charge in [-0.05, 0) is 66.7 Å². The summed E-state index contributed by atoms with van der Waals surface area (Å²) >= 11 is 0. The smallest absolute Gasteiger partial charge is 0.155 e. The Morgan fingerprint density at radius 2 is 1.16 bits per heavy atom. The minimum atomic E-state index is -0.253. The van der Waals surface area contributed by atoms with E-state index in [9.17, 15) is 0 Å². The van der Waals surface area contributed by atoms with Crippen LogP contribution in [0.15, 0.2) is 164 Å². The Labute approximate surface area is 289 Å². The fourth-order valence-corrected chi connectivity index (χ4v) is 7.36. The monoisotopic (exact) mass is 639 g/mol. The van der Waals surface area contributed by atoms with Crippen LogP contribution in [-0.4, -0.2) is 19.1 Å². The Hall–Kier alpha value is -6.90. The van der Waals surface area contributed by atoms with Crippen molar-refractivity contribution in [2.45, 2.75) is 6.04 Å². The highest BCUT2D eigenvalue weighted by molar-refractivity contribution is 6.19. The van der Waals surface area contributed by atoms with Gasteiger partial charge in [0.2, 0.25) is 0 Å². The summed E-state index contributed by atoms with van der Waals surface area (Å²) in [5, 5.41) is 8.66. The second-order valence-corrected chi connectivity index (χ2v) is 12.6. The van der Waals surface area contributed by atoms with Gasteiger partial charge in [-0.1, -0.05) is 109 Å². The number of nitrogens with one attached hydrogen (secondary N) is 1. The summed E-state index contributed by atoms with van der Waals surface area (Å²) < 4.78 is 4.73. The molecule has 3 aromatic heterocycles. The maximum Gasteiger partial charge on any atom is 0.155 e. The number of hydrogen-bond acceptors (Lipinski definition) is 3. The molecule has 0 saturated carbocycles. The first kappa shape index (κ1) is 28.1. The van der Waals surface area contributed by atoms with Gasteiger partial charge < -0.3 is 9.88 Å². The number of hydrogen-bond donors (Lipinski definition) is 1. The molecule has 50 heavy (non-hydrogen) atoms. The standard InChI is InChI=1S/C45H29N5/c1-4-15-30(16-5-1)38-29-39(31-17-6-2-7-18-31)48-45(47-38)37-23-14-26-44(46-37)50-41-25-13-11-22-34(41)36-27-42-35(28-43(36)50)33-21-10-12-24-40(33)49(42)32-19-8-3-9-20-32/h1,3-6,8-29,37,46H. The van der Waals surface area contributed by atoms with Crippen molar-refractivity contribution >= 4 is 49.4 Å². The average molecular weight is 640 g/mol. The van der Waals surface area contributed by atoms with E-state index in [2.05, 4.69) is 154 Å². The number of fused-ring (bicyclic) bond motifs is 6. The van der Waals surface area contributed by atoms with Crippen molar-refractivity contribution in [3.8, 4) is 28.2 Å². The molecule has 1 unspecified atom stereocenters. The highest BCUT2D eigenvalue weighted by Crippen LogP contribution is 2.40. The minimum Gasteiger partial charge on any atom is -0.358 e. The Bertz CT molecular complexity index is 2720. The van der Waals surface area contributed by atoms with Crippen LogP contribution in [0.3, 0.4) is 0 Å².